The normalized spacial score (nSPS) is 10.3. The van der Waals surface area contributed by atoms with Gasteiger partial charge in [-0.3, -0.25) is 14.2 Å². The van der Waals surface area contributed by atoms with Gasteiger partial charge in [0.1, 0.15) is 6.54 Å². The van der Waals surface area contributed by atoms with Crippen molar-refractivity contribution in [2.24, 2.45) is 0 Å². The number of aryl methyl sites for hydroxylation is 1. The lowest BCUT2D eigenvalue weighted by Crippen LogP contribution is -2.27. The second-order valence-corrected chi connectivity index (χ2v) is 4.17. The number of hydrogen-bond acceptors (Lipinski definition) is 3. The number of benzene rings is 1. The molecule has 1 aromatic heterocycles. The van der Waals surface area contributed by atoms with Crippen LogP contribution in [0.4, 0.5) is 14.5 Å². The van der Waals surface area contributed by atoms with Gasteiger partial charge in [-0.2, -0.15) is 0 Å². The predicted octanol–water partition coefficient (Wildman–Crippen LogP) is 1.47. The third-order valence-corrected chi connectivity index (χ3v) is 2.53. The lowest BCUT2D eigenvalue weighted by atomic mass is 10.3. The zero-order valence-electron chi connectivity index (χ0n) is 10.6. The van der Waals surface area contributed by atoms with E-state index in [9.17, 15) is 18.4 Å². The van der Waals surface area contributed by atoms with Gasteiger partial charge in [0.25, 0.3) is 5.56 Å². The second-order valence-electron chi connectivity index (χ2n) is 4.17. The van der Waals surface area contributed by atoms with E-state index in [1.54, 1.807) is 6.92 Å². The minimum atomic E-state index is -1.06. The highest BCUT2D eigenvalue weighted by Crippen LogP contribution is 2.12. The molecule has 104 valence electrons. The first-order chi connectivity index (χ1) is 9.45. The topological polar surface area (TPSA) is 64.0 Å². The van der Waals surface area contributed by atoms with E-state index in [2.05, 4.69) is 10.3 Å². The van der Waals surface area contributed by atoms with Crippen molar-refractivity contribution in [1.82, 2.24) is 9.55 Å². The number of rotatable bonds is 3. The van der Waals surface area contributed by atoms with Gasteiger partial charge < -0.3 is 5.32 Å². The zero-order chi connectivity index (χ0) is 14.7. The second kappa shape index (κ2) is 5.60. The lowest BCUT2D eigenvalue weighted by molar-refractivity contribution is -0.116. The summed E-state index contributed by atoms with van der Waals surface area (Å²) >= 11 is 0. The maximum Gasteiger partial charge on any atom is 0.253 e. The largest absolute Gasteiger partial charge is 0.324 e. The van der Waals surface area contributed by atoms with Crippen LogP contribution in [0.3, 0.4) is 0 Å². The number of halogens is 2. The molecule has 0 bridgehead atoms. The van der Waals surface area contributed by atoms with Crippen LogP contribution in [0.5, 0.6) is 0 Å². The molecule has 5 nitrogen and oxygen atoms in total. The number of nitrogens with zero attached hydrogens (tertiary/aromatic N) is 2. The Hall–Kier alpha value is -2.57. The van der Waals surface area contributed by atoms with Crippen molar-refractivity contribution in [1.29, 1.82) is 0 Å². The molecule has 0 aliphatic heterocycles. The summed E-state index contributed by atoms with van der Waals surface area (Å²) in [5, 5.41) is 2.37. The molecule has 0 atom stereocenters. The standard InChI is InChI=1S/C13H11F2N3O2/c1-8-4-13(20)18(7-16-8)6-12(19)17-9-2-3-10(14)11(15)5-9/h2-5,7H,6H2,1H3,(H,17,19). The molecule has 1 N–H and O–H groups in total. The van der Waals surface area contributed by atoms with E-state index in [4.69, 9.17) is 0 Å². The molecule has 0 aliphatic rings. The van der Waals surface area contributed by atoms with Crippen molar-refractivity contribution in [3.63, 3.8) is 0 Å². The van der Waals surface area contributed by atoms with E-state index in [0.717, 1.165) is 16.7 Å². The maximum absolute atomic E-state index is 13.0. The van der Waals surface area contributed by atoms with Gasteiger partial charge in [-0.15, -0.1) is 0 Å². The maximum atomic E-state index is 13.0. The Morgan fingerprint density at radius 2 is 2.05 bits per heavy atom. The molecule has 0 saturated heterocycles. The third-order valence-electron chi connectivity index (χ3n) is 2.53. The molecule has 2 aromatic rings. The summed E-state index contributed by atoms with van der Waals surface area (Å²) in [5.41, 5.74) is 0.298. The number of anilines is 1. The number of aromatic nitrogens is 2. The third kappa shape index (κ3) is 3.25. The van der Waals surface area contributed by atoms with Gasteiger partial charge in [-0.25, -0.2) is 13.8 Å². The molecular formula is C13H11F2N3O2. The Kier molecular flexibility index (Phi) is 3.88. The van der Waals surface area contributed by atoms with Crippen LogP contribution in [0.25, 0.3) is 0 Å². The lowest BCUT2D eigenvalue weighted by Gasteiger charge is -2.07. The summed E-state index contributed by atoms with van der Waals surface area (Å²) in [6.07, 6.45) is 1.25. The summed E-state index contributed by atoms with van der Waals surface area (Å²) in [7, 11) is 0. The van der Waals surface area contributed by atoms with E-state index in [-0.39, 0.29) is 17.8 Å². The molecule has 0 spiro atoms. The molecule has 0 radical (unpaired) electrons. The van der Waals surface area contributed by atoms with Crippen LogP contribution in [0, 0.1) is 18.6 Å². The molecule has 20 heavy (non-hydrogen) atoms. The molecule has 7 heteroatoms. The summed E-state index contributed by atoms with van der Waals surface area (Å²) in [6, 6.07) is 4.30. The highest BCUT2D eigenvalue weighted by atomic mass is 19.2. The number of carbonyl (C=O) groups excluding carboxylic acids is 1. The first-order valence-electron chi connectivity index (χ1n) is 5.73. The van der Waals surface area contributed by atoms with Crippen LogP contribution in [0.15, 0.2) is 35.4 Å². The molecule has 0 saturated carbocycles. The minimum absolute atomic E-state index is 0.113. The highest BCUT2D eigenvalue weighted by Gasteiger charge is 2.08. The fourth-order valence-electron chi connectivity index (χ4n) is 1.56. The van der Waals surface area contributed by atoms with Crippen molar-refractivity contribution in [2.45, 2.75) is 13.5 Å². The fraction of sp³-hybridized carbons (Fsp3) is 0.154. The van der Waals surface area contributed by atoms with Gasteiger partial charge in [-0.05, 0) is 19.1 Å². The van der Waals surface area contributed by atoms with E-state index in [0.29, 0.717) is 5.69 Å². The van der Waals surface area contributed by atoms with Crippen LogP contribution in [0.1, 0.15) is 5.69 Å². The Bertz CT molecular complexity index is 713. The van der Waals surface area contributed by atoms with E-state index in [1.165, 1.54) is 18.5 Å². The molecule has 0 unspecified atom stereocenters. The Balaban J connectivity index is 2.09. The molecule has 1 aromatic carbocycles. The van der Waals surface area contributed by atoms with Gasteiger partial charge in [0.05, 0.1) is 6.33 Å². The van der Waals surface area contributed by atoms with Gasteiger partial charge in [0.2, 0.25) is 5.91 Å². The van der Waals surface area contributed by atoms with E-state index in [1.807, 2.05) is 0 Å². The van der Waals surface area contributed by atoms with Gasteiger partial charge in [-0.1, -0.05) is 0 Å². The fourth-order valence-corrected chi connectivity index (χ4v) is 1.56. The van der Waals surface area contributed by atoms with Crippen LogP contribution < -0.4 is 10.9 Å². The van der Waals surface area contributed by atoms with Crippen LogP contribution in [-0.2, 0) is 11.3 Å². The van der Waals surface area contributed by atoms with E-state index >= 15 is 0 Å². The Morgan fingerprint density at radius 1 is 1.30 bits per heavy atom. The van der Waals surface area contributed by atoms with Crippen molar-refractivity contribution < 1.29 is 13.6 Å². The molecule has 0 aliphatic carbocycles. The Morgan fingerprint density at radius 3 is 2.70 bits per heavy atom. The smallest absolute Gasteiger partial charge is 0.253 e. The van der Waals surface area contributed by atoms with Crippen molar-refractivity contribution in [3.05, 3.63) is 58.3 Å². The summed E-state index contributed by atoms with van der Waals surface area (Å²) in [5.74, 6) is -2.59. The SMILES string of the molecule is Cc1cc(=O)n(CC(=O)Nc2ccc(F)c(F)c2)cn1. The number of amides is 1. The van der Waals surface area contributed by atoms with Crippen molar-refractivity contribution in [2.75, 3.05) is 5.32 Å². The molecular weight excluding hydrogens is 268 g/mol. The molecule has 1 heterocycles. The Labute approximate surface area is 112 Å². The van der Waals surface area contributed by atoms with Crippen LogP contribution >= 0.6 is 0 Å². The average molecular weight is 279 g/mol. The predicted molar refractivity (Wildman–Crippen MR) is 68.2 cm³/mol. The highest BCUT2D eigenvalue weighted by molar-refractivity contribution is 5.90. The molecule has 1 amide bonds. The molecule has 2 rings (SSSR count). The van der Waals surface area contributed by atoms with Gasteiger partial charge in [0, 0.05) is 23.5 Å². The van der Waals surface area contributed by atoms with Gasteiger partial charge in [0.15, 0.2) is 11.6 Å². The number of hydrogen-bond donors (Lipinski definition) is 1. The van der Waals surface area contributed by atoms with Crippen LogP contribution in [0.2, 0.25) is 0 Å². The van der Waals surface area contributed by atoms with Gasteiger partial charge >= 0.3 is 0 Å². The zero-order valence-corrected chi connectivity index (χ0v) is 10.6. The van der Waals surface area contributed by atoms with E-state index < -0.39 is 17.5 Å². The van der Waals surface area contributed by atoms with Crippen molar-refractivity contribution in [3.8, 4) is 0 Å². The first kappa shape index (κ1) is 13.9. The number of carbonyl (C=O) groups is 1. The average Bonchev–Trinajstić information content (AvgIpc) is 2.37. The molecule has 0 fully saturated rings. The minimum Gasteiger partial charge on any atom is -0.324 e. The summed E-state index contributed by atoms with van der Waals surface area (Å²) in [6.45, 7) is 1.40. The van der Waals surface area contributed by atoms with Crippen LogP contribution in [-0.4, -0.2) is 15.5 Å². The summed E-state index contributed by atoms with van der Waals surface area (Å²) in [4.78, 5) is 27.2. The number of nitrogens with one attached hydrogen (secondary N) is 1. The first-order valence-corrected chi connectivity index (χ1v) is 5.73. The van der Waals surface area contributed by atoms with Crippen molar-refractivity contribution >= 4 is 11.6 Å². The monoisotopic (exact) mass is 279 g/mol. The summed E-state index contributed by atoms with van der Waals surface area (Å²) < 4.78 is 26.8. The quantitative estimate of drug-likeness (QED) is 0.925.